The van der Waals surface area contributed by atoms with Crippen LogP contribution in [0.2, 0.25) is 0 Å². The molecule has 0 unspecified atom stereocenters. The molecular formula is C15H13BrFNO3. The maximum atomic E-state index is 13.3. The van der Waals surface area contributed by atoms with E-state index in [0.717, 1.165) is 0 Å². The molecule has 4 nitrogen and oxygen atoms in total. The standard InChI is InChI=1S/C15H13BrFNO3/c1-20-13-4-3-8(5-14(13)21-2)15(19)9-6-12(18)11(17)7-10(9)16/h3-7H,18H2,1-2H3. The molecule has 0 radical (unpaired) electrons. The maximum absolute atomic E-state index is 13.3. The number of ether oxygens (including phenoxy) is 2. The number of benzene rings is 2. The first-order chi connectivity index (χ1) is 9.97. The monoisotopic (exact) mass is 353 g/mol. The highest BCUT2D eigenvalue weighted by Crippen LogP contribution is 2.30. The summed E-state index contributed by atoms with van der Waals surface area (Å²) in [5.41, 5.74) is 6.10. The maximum Gasteiger partial charge on any atom is 0.194 e. The first kappa shape index (κ1) is 15.3. The van der Waals surface area contributed by atoms with E-state index in [9.17, 15) is 9.18 Å². The van der Waals surface area contributed by atoms with Crippen molar-refractivity contribution < 1.29 is 18.7 Å². The normalized spacial score (nSPS) is 10.3. The number of hydrogen-bond acceptors (Lipinski definition) is 4. The van der Waals surface area contributed by atoms with Gasteiger partial charge in [0.1, 0.15) is 5.82 Å². The Kier molecular flexibility index (Phi) is 4.47. The van der Waals surface area contributed by atoms with Crippen molar-refractivity contribution in [1.82, 2.24) is 0 Å². The van der Waals surface area contributed by atoms with E-state index in [0.29, 0.717) is 21.5 Å². The summed E-state index contributed by atoms with van der Waals surface area (Å²) in [4.78, 5) is 12.5. The van der Waals surface area contributed by atoms with E-state index in [-0.39, 0.29) is 17.0 Å². The molecule has 21 heavy (non-hydrogen) atoms. The van der Waals surface area contributed by atoms with Crippen LogP contribution in [-0.2, 0) is 0 Å². The predicted molar refractivity (Wildman–Crippen MR) is 81.5 cm³/mol. The van der Waals surface area contributed by atoms with Crippen LogP contribution in [0, 0.1) is 5.82 Å². The summed E-state index contributed by atoms with van der Waals surface area (Å²) in [7, 11) is 2.99. The largest absolute Gasteiger partial charge is 0.493 e. The molecule has 0 saturated heterocycles. The lowest BCUT2D eigenvalue weighted by Gasteiger charge is -2.10. The van der Waals surface area contributed by atoms with Crippen molar-refractivity contribution >= 4 is 27.4 Å². The van der Waals surface area contributed by atoms with Crippen molar-refractivity contribution in [1.29, 1.82) is 0 Å². The molecule has 0 atom stereocenters. The number of nitrogens with two attached hydrogens (primary N) is 1. The number of ketones is 1. The van der Waals surface area contributed by atoms with Crippen molar-refractivity contribution in [2.45, 2.75) is 0 Å². The fourth-order valence-electron chi connectivity index (χ4n) is 1.87. The summed E-state index contributed by atoms with van der Waals surface area (Å²) in [6, 6.07) is 7.28. The molecule has 0 spiro atoms. The Morgan fingerprint density at radius 1 is 1.14 bits per heavy atom. The van der Waals surface area contributed by atoms with Gasteiger partial charge in [0.25, 0.3) is 0 Å². The topological polar surface area (TPSA) is 61.5 Å². The first-order valence-corrected chi connectivity index (χ1v) is 6.78. The molecule has 0 aliphatic carbocycles. The van der Waals surface area contributed by atoms with E-state index < -0.39 is 5.82 Å². The Hall–Kier alpha value is -2.08. The quantitative estimate of drug-likeness (QED) is 0.675. The van der Waals surface area contributed by atoms with Crippen molar-refractivity contribution in [3.05, 3.63) is 51.7 Å². The van der Waals surface area contributed by atoms with Gasteiger partial charge < -0.3 is 15.2 Å². The van der Waals surface area contributed by atoms with Crippen molar-refractivity contribution in [3.63, 3.8) is 0 Å². The SMILES string of the molecule is COc1ccc(C(=O)c2cc(N)c(F)cc2Br)cc1OC. The second-order valence-corrected chi connectivity index (χ2v) is 5.11. The van der Waals surface area contributed by atoms with Crippen LogP contribution in [0.4, 0.5) is 10.1 Å². The van der Waals surface area contributed by atoms with Crippen LogP contribution in [0.1, 0.15) is 15.9 Å². The molecule has 0 bridgehead atoms. The van der Waals surface area contributed by atoms with Crippen molar-refractivity contribution in [3.8, 4) is 11.5 Å². The third-order valence-electron chi connectivity index (χ3n) is 2.98. The van der Waals surface area contributed by atoms with Gasteiger partial charge in [-0.15, -0.1) is 0 Å². The zero-order valence-corrected chi connectivity index (χ0v) is 13.0. The zero-order chi connectivity index (χ0) is 15.6. The van der Waals surface area contributed by atoms with Crippen LogP contribution in [0.15, 0.2) is 34.8 Å². The van der Waals surface area contributed by atoms with Gasteiger partial charge >= 0.3 is 0 Å². The number of halogens is 2. The zero-order valence-electron chi connectivity index (χ0n) is 11.4. The molecule has 2 N–H and O–H groups in total. The van der Waals surface area contributed by atoms with E-state index >= 15 is 0 Å². The summed E-state index contributed by atoms with van der Waals surface area (Å²) >= 11 is 3.17. The van der Waals surface area contributed by atoms with Gasteiger partial charge in [0.2, 0.25) is 0 Å². The van der Waals surface area contributed by atoms with Crippen LogP contribution in [-0.4, -0.2) is 20.0 Å². The van der Waals surface area contributed by atoms with Gasteiger partial charge in [-0.25, -0.2) is 4.39 Å². The fraction of sp³-hybridized carbons (Fsp3) is 0.133. The summed E-state index contributed by atoms with van der Waals surface area (Å²) in [6.45, 7) is 0. The third kappa shape index (κ3) is 3.00. The summed E-state index contributed by atoms with van der Waals surface area (Å²) in [5, 5.41) is 0. The Bertz CT molecular complexity index is 704. The molecule has 0 aromatic heterocycles. The molecule has 0 amide bonds. The minimum atomic E-state index is -0.578. The Morgan fingerprint density at radius 2 is 1.81 bits per heavy atom. The van der Waals surface area contributed by atoms with E-state index in [4.69, 9.17) is 15.2 Å². The summed E-state index contributed by atoms with van der Waals surface area (Å²) in [5.74, 6) is 0.0848. The van der Waals surface area contributed by atoms with E-state index in [1.54, 1.807) is 18.2 Å². The molecule has 0 fully saturated rings. The number of carbonyl (C=O) groups is 1. The lowest BCUT2D eigenvalue weighted by atomic mass is 10.0. The van der Waals surface area contributed by atoms with Gasteiger partial charge in [0.15, 0.2) is 17.3 Å². The third-order valence-corrected chi connectivity index (χ3v) is 3.63. The molecule has 0 heterocycles. The van der Waals surface area contributed by atoms with Gasteiger partial charge in [-0.3, -0.25) is 4.79 Å². The highest BCUT2D eigenvalue weighted by molar-refractivity contribution is 9.10. The van der Waals surface area contributed by atoms with Gasteiger partial charge in [-0.05, 0) is 46.3 Å². The average Bonchev–Trinajstić information content (AvgIpc) is 2.49. The molecule has 2 aromatic rings. The van der Waals surface area contributed by atoms with E-state index in [1.807, 2.05) is 0 Å². The molecule has 0 aliphatic rings. The van der Waals surface area contributed by atoms with Gasteiger partial charge in [-0.1, -0.05) is 0 Å². The summed E-state index contributed by atoms with van der Waals surface area (Å²) < 4.78 is 24.0. The Morgan fingerprint density at radius 3 is 2.43 bits per heavy atom. The first-order valence-electron chi connectivity index (χ1n) is 5.99. The minimum Gasteiger partial charge on any atom is -0.493 e. The molecule has 2 aromatic carbocycles. The lowest BCUT2D eigenvalue weighted by Crippen LogP contribution is -2.05. The highest BCUT2D eigenvalue weighted by Gasteiger charge is 2.17. The minimum absolute atomic E-state index is 0.0815. The molecule has 2 rings (SSSR count). The molecule has 110 valence electrons. The fourth-order valence-corrected chi connectivity index (χ4v) is 2.37. The number of methoxy groups -OCH3 is 2. The number of anilines is 1. The van der Waals surface area contributed by atoms with Crippen LogP contribution in [0.3, 0.4) is 0 Å². The van der Waals surface area contributed by atoms with Gasteiger partial charge in [-0.2, -0.15) is 0 Å². The van der Waals surface area contributed by atoms with Crippen molar-refractivity contribution in [2.75, 3.05) is 20.0 Å². The van der Waals surface area contributed by atoms with Crippen LogP contribution in [0.25, 0.3) is 0 Å². The van der Waals surface area contributed by atoms with Crippen LogP contribution < -0.4 is 15.2 Å². The molecule has 0 saturated carbocycles. The molecular weight excluding hydrogens is 341 g/mol. The lowest BCUT2D eigenvalue weighted by molar-refractivity contribution is 0.103. The van der Waals surface area contributed by atoms with E-state index in [1.165, 1.54) is 26.4 Å². The number of rotatable bonds is 4. The molecule has 0 aliphatic heterocycles. The highest BCUT2D eigenvalue weighted by atomic mass is 79.9. The average molecular weight is 354 g/mol. The second-order valence-electron chi connectivity index (χ2n) is 4.25. The van der Waals surface area contributed by atoms with Crippen molar-refractivity contribution in [2.24, 2.45) is 0 Å². The van der Waals surface area contributed by atoms with E-state index in [2.05, 4.69) is 15.9 Å². The predicted octanol–water partition coefficient (Wildman–Crippen LogP) is 3.42. The Balaban J connectivity index is 2.47. The molecule has 6 heteroatoms. The van der Waals surface area contributed by atoms with Gasteiger partial charge in [0, 0.05) is 15.6 Å². The second kappa shape index (κ2) is 6.13. The smallest absolute Gasteiger partial charge is 0.194 e. The van der Waals surface area contributed by atoms with Gasteiger partial charge in [0.05, 0.1) is 19.9 Å². The number of nitrogen functional groups attached to an aromatic ring is 1. The number of carbonyl (C=O) groups excluding carboxylic acids is 1. The number of hydrogen-bond donors (Lipinski definition) is 1. The summed E-state index contributed by atoms with van der Waals surface area (Å²) in [6.07, 6.45) is 0. The van der Waals surface area contributed by atoms with Crippen LogP contribution >= 0.6 is 15.9 Å². The van der Waals surface area contributed by atoms with Crippen LogP contribution in [0.5, 0.6) is 11.5 Å². The Labute approximate surface area is 129 Å².